The molecular formula is C32H33N9O2. The van der Waals surface area contributed by atoms with E-state index in [1.54, 1.807) is 12.3 Å². The molecule has 43 heavy (non-hydrogen) atoms. The number of piperazine rings is 1. The molecule has 0 unspecified atom stereocenters. The Morgan fingerprint density at radius 2 is 1.72 bits per heavy atom. The van der Waals surface area contributed by atoms with Crippen LogP contribution in [0.4, 0.5) is 27.8 Å². The first-order chi connectivity index (χ1) is 20.8. The molecule has 3 amide bonds. The summed E-state index contributed by atoms with van der Waals surface area (Å²) in [6, 6.07) is 16.7. The Morgan fingerprint density at radius 3 is 2.49 bits per heavy atom. The van der Waals surface area contributed by atoms with Crippen molar-refractivity contribution in [1.29, 1.82) is 0 Å². The van der Waals surface area contributed by atoms with Crippen LogP contribution in [0.1, 0.15) is 27.2 Å². The van der Waals surface area contributed by atoms with Crippen LogP contribution in [0.5, 0.6) is 0 Å². The lowest BCUT2D eigenvalue weighted by Gasteiger charge is -2.34. The van der Waals surface area contributed by atoms with Crippen molar-refractivity contribution in [2.24, 2.45) is 7.05 Å². The van der Waals surface area contributed by atoms with Gasteiger partial charge in [0.2, 0.25) is 5.95 Å². The quantitative estimate of drug-likeness (QED) is 0.275. The molecule has 0 aliphatic carbocycles. The minimum atomic E-state index is -0.341. The van der Waals surface area contributed by atoms with E-state index < -0.39 is 0 Å². The van der Waals surface area contributed by atoms with Crippen molar-refractivity contribution in [2.45, 2.75) is 6.42 Å². The van der Waals surface area contributed by atoms with Crippen molar-refractivity contribution in [3.63, 3.8) is 0 Å². The summed E-state index contributed by atoms with van der Waals surface area (Å²) in [6.45, 7) is 4.52. The van der Waals surface area contributed by atoms with Crippen molar-refractivity contribution in [2.75, 3.05) is 61.0 Å². The van der Waals surface area contributed by atoms with Gasteiger partial charge in [0.1, 0.15) is 5.69 Å². The summed E-state index contributed by atoms with van der Waals surface area (Å²) in [7, 11) is 4.04. The lowest BCUT2D eigenvalue weighted by Crippen LogP contribution is -2.44. The fraction of sp³-hybridized carbons (Fsp3) is 0.250. The Labute approximate surface area is 250 Å². The van der Waals surface area contributed by atoms with Gasteiger partial charge >= 0.3 is 6.03 Å². The standard InChI is InChI=1S/C32H33N9O2/c1-39-13-15-41(16-14-39)25-8-4-7-24(18-25)37-32(43)36-23-6-3-5-21(17-23)9-10-22-20-35-31(33)38-29(22)28-19-26-27(40(28)2)11-12-34-30(26)42/h3-8,17-20H,11-16H2,1-2H3,(H,34,42)(H2,33,35,38)(H2,36,37,43). The fourth-order valence-electron chi connectivity index (χ4n) is 5.39. The molecule has 2 aliphatic heterocycles. The number of nitrogens with one attached hydrogen (secondary N) is 3. The zero-order chi connectivity index (χ0) is 29.9. The van der Waals surface area contributed by atoms with E-state index in [1.165, 1.54) is 0 Å². The summed E-state index contributed by atoms with van der Waals surface area (Å²) >= 11 is 0. The first-order valence-corrected chi connectivity index (χ1v) is 14.2. The average Bonchev–Trinajstić information content (AvgIpc) is 3.34. The van der Waals surface area contributed by atoms with Crippen LogP contribution in [-0.4, -0.2) is 71.1 Å². The lowest BCUT2D eigenvalue weighted by atomic mass is 10.1. The fourth-order valence-corrected chi connectivity index (χ4v) is 5.39. The molecule has 2 aromatic carbocycles. The zero-order valence-electron chi connectivity index (χ0n) is 24.1. The minimum Gasteiger partial charge on any atom is -0.369 e. The second-order valence-corrected chi connectivity index (χ2v) is 10.7. The number of nitrogens with zero attached hydrogens (tertiary/aromatic N) is 5. The number of anilines is 4. The molecule has 0 bridgehead atoms. The molecule has 2 aliphatic rings. The molecule has 0 spiro atoms. The molecule has 11 heteroatoms. The third-order valence-electron chi connectivity index (χ3n) is 7.73. The average molecular weight is 576 g/mol. The second-order valence-electron chi connectivity index (χ2n) is 10.7. The molecule has 0 radical (unpaired) electrons. The molecule has 6 rings (SSSR count). The van der Waals surface area contributed by atoms with Gasteiger partial charge in [0.15, 0.2) is 0 Å². The molecule has 0 atom stereocenters. The number of carbonyl (C=O) groups excluding carboxylic acids is 2. The Morgan fingerprint density at radius 1 is 0.977 bits per heavy atom. The van der Waals surface area contributed by atoms with Gasteiger partial charge in [0, 0.05) is 80.7 Å². The summed E-state index contributed by atoms with van der Waals surface area (Å²) in [5.74, 6) is 6.32. The van der Waals surface area contributed by atoms with E-state index in [1.807, 2.05) is 54.1 Å². The van der Waals surface area contributed by atoms with E-state index in [2.05, 4.69) is 60.7 Å². The number of likely N-dealkylation sites (N-methyl/N-ethyl adjacent to an activating group) is 1. The van der Waals surface area contributed by atoms with Gasteiger partial charge in [0.25, 0.3) is 5.91 Å². The summed E-state index contributed by atoms with van der Waals surface area (Å²) in [6.07, 6.45) is 2.32. The Hall–Kier alpha value is -5.34. The van der Waals surface area contributed by atoms with Gasteiger partial charge in [-0.2, -0.15) is 0 Å². The summed E-state index contributed by atoms with van der Waals surface area (Å²) < 4.78 is 1.96. The number of rotatable bonds is 4. The smallest absolute Gasteiger partial charge is 0.323 e. The third kappa shape index (κ3) is 6.14. The maximum Gasteiger partial charge on any atom is 0.323 e. The number of hydrogen-bond acceptors (Lipinski definition) is 7. The van der Waals surface area contributed by atoms with Crippen molar-refractivity contribution in [1.82, 2.24) is 24.8 Å². The number of aromatic nitrogens is 3. The number of carbonyl (C=O) groups is 2. The van der Waals surface area contributed by atoms with Crippen molar-refractivity contribution in [3.05, 3.63) is 83.2 Å². The molecule has 1 fully saturated rings. The van der Waals surface area contributed by atoms with Gasteiger partial charge in [-0.15, -0.1) is 0 Å². The van der Waals surface area contributed by atoms with Crippen LogP contribution in [0.25, 0.3) is 11.4 Å². The summed E-state index contributed by atoms with van der Waals surface area (Å²) in [5, 5.41) is 8.71. The number of nitrogen functional groups attached to an aromatic ring is 1. The van der Waals surface area contributed by atoms with Crippen LogP contribution < -0.4 is 26.6 Å². The molecule has 4 aromatic rings. The van der Waals surface area contributed by atoms with Crippen LogP contribution in [0.15, 0.2) is 60.8 Å². The summed E-state index contributed by atoms with van der Waals surface area (Å²) in [4.78, 5) is 38.5. The van der Waals surface area contributed by atoms with E-state index in [9.17, 15) is 9.59 Å². The predicted molar refractivity (Wildman–Crippen MR) is 168 cm³/mol. The second kappa shape index (κ2) is 11.9. The first-order valence-electron chi connectivity index (χ1n) is 14.2. The van der Waals surface area contributed by atoms with Crippen LogP contribution in [0.3, 0.4) is 0 Å². The number of fused-ring (bicyclic) bond motifs is 1. The monoisotopic (exact) mass is 575 g/mol. The van der Waals surface area contributed by atoms with Crippen LogP contribution in [0.2, 0.25) is 0 Å². The van der Waals surface area contributed by atoms with E-state index in [-0.39, 0.29) is 17.9 Å². The Kier molecular flexibility index (Phi) is 7.68. The van der Waals surface area contributed by atoms with Gasteiger partial charge in [-0.05, 0) is 49.5 Å². The molecule has 1 saturated heterocycles. The third-order valence-corrected chi connectivity index (χ3v) is 7.73. The molecule has 2 aromatic heterocycles. The maximum atomic E-state index is 12.8. The SMILES string of the molecule is CN1CCN(c2cccc(NC(=O)Nc3cccc(C#Cc4cnc(N)nc4-c4cc5c(n4C)CCNC5=O)c3)c2)CC1. The van der Waals surface area contributed by atoms with E-state index in [0.29, 0.717) is 34.6 Å². The Bertz CT molecular complexity index is 1760. The number of nitrogens with two attached hydrogens (primary N) is 1. The minimum absolute atomic E-state index is 0.103. The lowest BCUT2D eigenvalue weighted by molar-refractivity contribution is 0.0945. The summed E-state index contributed by atoms with van der Waals surface area (Å²) in [5.41, 5.74) is 12.5. The highest BCUT2D eigenvalue weighted by Crippen LogP contribution is 2.28. The zero-order valence-corrected chi connectivity index (χ0v) is 24.1. The van der Waals surface area contributed by atoms with Gasteiger partial charge in [-0.1, -0.05) is 24.0 Å². The highest BCUT2D eigenvalue weighted by Gasteiger charge is 2.24. The van der Waals surface area contributed by atoms with Gasteiger partial charge in [-0.3, -0.25) is 4.79 Å². The Balaban J connectivity index is 1.18. The highest BCUT2D eigenvalue weighted by molar-refractivity contribution is 6.00. The van der Waals surface area contributed by atoms with Gasteiger partial charge in [-0.25, -0.2) is 14.8 Å². The maximum absolute atomic E-state index is 12.8. The normalized spacial score (nSPS) is 14.7. The van der Waals surface area contributed by atoms with Crippen molar-refractivity contribution < 1.29 is 9.59 Å². The molecular weight excluding hydrogens is 542 g/mol. The first kappa shape index (κ1) is 27.8. The number of hydrogen-bond donors (Lipinski definition) is 4. The van der Waals surface area contributed by atoms with E-state index >= 15 is 0 Å². The van der Waals surface area contributed by atoms with E-state index in [4.69, 9.17) is 5.73 Å². The molecule has 4 heterocycles. The van der Waals surface area contributed by atoms with Crippen LogP contribution in [-0.2, 0) is 13.5 Å². The molecule has 0 saturated carbocycles. The van der Waals surface area contributed by atoms with E-state index in [0.717, 1.165) is 55.4 Å². The highest BCUT2D eigenvalue weighted by atomic mass is 16.2. The topological polar surface area (TPSA) is 133 Å². The molecule has 11 nitrogen and oxygen atoms in total. The molecule has 218 valence electrons. The number of amides is 3. The van der Waals surface area contributed by atoms with Gasteiger partial charge in [0.05, 0.1) is 16.8 Å². The van der Waals surface area contributed by atoms with Crippen LogP contribution in [0, 0.1) is 11.8 Å². The van der Waals surface area contributed by atoms with Crippen molar-refractivity contribution >= 4 is 34.9 Å². The number of urea groups is 1. The largest absolute Gasteiger partial charge is 0.369 e. The van der Waals surface area contributed by atoms with Gasteiger partial charge < -0.3 is 36.1 Å². The predicted octanol–water partition coefficient (Wildman–Crippen LogP) is 3.15. The van der Waals surface area contributed by atoms with Crippen LogP contribution >= 0.6 is 0 Å². The van der Waals surface area contributed by atoms with Crippen molar-refractivity contribution in [3.8, 4) is 23.2 Å². The molecule has 5 N–H and O–H groups in total. The number of benzene rings is 2.